The number of fused-ring (bicyclic) bond motifs is 1. The molecule has 80 valence electrons. The minimum Gasteiger partial charge on any atom is -0.399 e. The molecule has 2 nitrogen and oxygen atoms in total. The third-order valence-corrected chi connectivity index (χ3v) is 3.50. The molecule has 1 aromatic rings. The molecule has 1 aromatic carbocycles. The summed E-state index contributed by atoms with van der Waals surface area (Å²) < 4.78 is 0. The first-order chi connectivity index (χ1) is 7.33. The van der Waals surface area contributed by atoms with Crippen molar-refractivity contribution in [1.82, 2.24) is 5.32 Å². The van der Waals surface area contributed by atoms with Crippen LogP contribution < -0.4 is 11.1 Å². The molecule has 2 heteroatoms. The number of hydrogen-bond donors (Lipinski definition) is 2. The molecule has 0 saturated heterocycles. The Kier molecular flexibility index (Phi) is 2.17. The van der Waals surface area contributed by atoms with Crippen LogP contribution >= 0.6 is 0 Å². The van der Waals surface area contributed by atoms with Crippen LogP contribution in [0.2, 0.25) is 0 Å². The van der Waals surface area contributed by atoms with Crippen LogP contribution in [0, 0.1) is 0 Å². The lowest BCUT2D eigenvalue weighted by atomic mass is 9.87. The molecule has 0 aromatic heterocycles. The van der Waals surface area contributed by atoms with Crippen LogP contribution in [-0.4, -0.2) is 6.04 Å². The number of aryl methyl sites for hydroxylation is 1. The van der Waals surface area contributed by atoms with Gasteiger partial charge >= 0.3 is 0 Å². The van der Waals surface area contributed by atoms with Gasteiger partial charge in [-0.15, -0.1) is 0 Å². The largest absolute Gasteiger partial charge is 0.399 e. The fourth-order valence-corrected chi connectivity index (χ4v) is 2.54. The maximum absolute atomic E-state index is 5.82. The molecule has 1 fully saturated rings. The summed E-state index contributed by atoms with van der Waals surface area (Å²) in [4.78, 5) is 0. The molecule has 0 bridgehead atoms. The van der Waals surface area contributed by atoms with Crippen molar-refractivity contribution >= 4 is 5.69 Å². The summed E-state index contributed by atoms with van der Waals surface area (Å²) >= 11 is 0. The van der Waals surface area contributed by atoms with Crippen molar-refractivity contribution in [2.24, 2.45) is 0 Å². The quantitative estimate of drug-likeness (QED) is 0.723. The lowest BCUT2D eigenvalue weighted by molar-refractivity contribution is 0.457. The van der Waals surface area contributed by atoms with E-state index in [4.69, 9.17) is 5.73 Å². The summed E-state index contributed by atoms with van der Waals surface area (Å²) in [5.74, 6) is 0. The lowest BCUT2D eigenvalue weighted by Gasteiger charge is -2.26. The van der Waals surface area contributed by atoms with E-state index in [2.05, 4.69) is 17.4 Å². The molecule has 2 aliphatic rings. The Morgan fingerprint density at radius 1 is 1.20 bits per heavy atom. The molecular formula is C13H18N2. The van der Waals surface area contributed by atoms with E-state index in [0.29, 0.717) is 6.04 Å². The lowest BCUT2D eigenvalue weighted by Crippen LogP contribution is -2.26. The number of benzene rings is 1. The topological polar surface area (TPSA) is 38.0 Å². The van der Waals surface area contributed by atoms with Crippen LogP contribution in [0.25, 0.3) is 0 Å². The van der Waals surface area contributed by atoms with Crippen LogP contribution in [0.4, 0.5) is 5.69 Å². The van der Waals surface area contributed by atoms with E-state index < -0.39 is 0 Å². The molecule has 2 aliphatic carbocycles. The highest BCUT2D eigenvalue weighted by molar-refractivity contribution is 5.46. The van der Waals surface area contributed by atoms with Crippen molar-refractivity contribution in [3.63, 3.8) is 0 Å². The van der Waals surface area contributed by atoms with Crippen LogP contribution in [0.15, 0.2) is 18.2 Å². The highest BCUT2D eigenvalue weighted by atomic mass is 15.0. The van der Waals surface area contributed by atoms with Gasteiger partial charge in [-0.3, -0.25) is 0 Å². The minimum absolute atomic E-state index is 0.585. The van der Waals surface area contributed by atoms with Gasteiger partial charge in [0, 0.05) is 17.8 Å². The zero-order valence-electron chi connectivity index (χ0n) is 9.00. The van der Waals surface area contributed by atoms with Crippen LogP contribution in [0.1, 0.15) is 42.9 Å². The number of nitrogens with one attached hydrogen (secondary N) is 1. The van der Waals surface area contributed by atoms with Crippen molar-refractivity contribution in [2.75, 3.05) is 5.73 Å². The average molecular weight is 202 g/mol. The molecule has 1 atom stereocenters. The van der Waals surface area contributed by atoms with Crippen LogP contribution in [-0.2, 0) is 6.42 Å². The number of hydrogen-bond acceptors (Lipinski definition) is 2. The van der Waals surface area contributed by atoms with E-state index in [9.17, 15) is 0 Å². The van der Waals surface area contributed by atoms with Crippen LogP contribution in [0.5, 0.6) is 0 Å². The second-order valence-electron chi connectivity index (χ2n) is 4.84. The Balaban J connectivity index is 1.87. The standard InChI is InChI=1S/C13H18N2/c14-10-4-7-12-9(8-10)2-1-3-13(12)15-11-5-6-11/h4,7-8,11,13,15H,1-3,5-6,14H2. The fraction of sp³-hybridized carbons (Fsp3) is 0.538. The molecule has 3 N–H and O–H groups in total. The highest BCUT2D eigenvalue weighted by Gasteiger charge is 2.27. The first-order valence-corrected chi connectivity index (χ1v) is 5.97. The third-order valence-electron chi connectivity index (χ3n) is 3.50. The summed E-state index contributed by atoms with van der Waals surface area (Å²) in [5, 5.41) is 3.73. The van der Waals surface area contributed by atoms with Gasteiger partial charge in [-0.2, -0.15) is 0 Å². The van der Waals surface area contributed by atoms with Crippen molar-refractivity contribution in [2.45, 2.75) is 44.2 Å². The summed E-state index contributed by atoms with van der Waals surface area (Å²) in [6.45, 7) is 0. The smallest absolute Gasteiger partial charge is 0.0325 e. The van der Waals surface area contributed by atoms with Gasteiger partial charge in [-0.25, -0.2) is 0 Å². The Labute approximate surface area is 90.9 Å². The molecule has 3 rings (SSSR count). The average Bonchev–Trinajstić information content (AvgIpc) is 3.01. The van der Waals surface area contributed by atoms with Crippen molar-refractivity contribution < 1.29 is 0 Å². The molecular weight excluding hydrogens is 184 g/mol. The summed E-state index contributed by atoms with van der Waals surface area (Å²) in [6.07, 6.45) is 6.50. The minimum atomic E-state index is 0.585. The van der Waals surface area contributed by atoms with Crippen molar-refractivity contribution in [1.29, 1.82) is 0 Å². The second-order valence-corrected chi connectivity index (χ2v) is 4.84. The molecule has 0 heterocycles. The van der Waals surface area contributed by atoms with Gasteiger partial charge in [0.2, 0.25) is 0 Å². The highest BCUT2D eigenvalue weighted by Crippen LogP contribution is 2.33. The molecule has 1 unspecified atom stereocenters. The van der Waals surface area contributed by atoms with E-state index in [1.54, 1.807) is 0 Å². The first-order valence-electron chi connectivity index (χ1n) is 5.97. The number of nitrogens with two attached hydrogens (primary N) is 1. The van der Waals surface area contributed by atoms with E-state index >= 15 is 0 Å². The number of anilines is 1. The SMILES string of the molecule is Nc1ccc2c(c1)CCCC2NC1CC1. The predicted octanol–water partition coefficient (Wildman–Crippen LogP) is 2.40. The molecule has 0 amide bonds. The second kappa shape index (κ2) is 3.53. The van der Waals surface area contributed by atoms with Gasteiger partial charge < -0.3 is 11.1 Å². The van der Waals surface area contributed by atoms with Gasteiger partial charge in [0.05, 0.1) is 0 Å². The molecule has 15 heavy (non-hydrogen) atoms. The van der Waals surface area contributed by atoms with E-state index in [1.165, 1.54) is 43.2 Å². The zero-order valence-corrected chi connectivity index (χ0v) is 9.00. The normalized spacial score (nSPS) is 24.9. The number of nitrogen functional groups attached to an aromatic ring is 1. The Bertz CT molecular complexity index is 369. The van der Waals surface area contributed by atoms with E-state index in [1.807, 2.05) is 6.07 Å². The Hall–Kier alpha value is -1.02. The Morgan fingerprint density at radius 2 is 2.07 bits per heavy atom. The molecule has 0 aliphatic heterocycles. The summed E-state index contributed by atoms with van der Waals surface area (Å²) in [5.41, 5.74) is 9.67. The van der Waals surface area contributed by atoms with Crippen molar-refractivity contribution in [3.05, 3.63) is 29.3 Å². The van der Waals surface area contributed by atoms with E-state index in [0.717, 1.165) is 11.7 Å². The summed E-state index contributed by atoms with van der Waals surface area (Å²) in [6, 6.07) is 7.77. The van der Waals surface area contributed by atoms with Crippen molar-refractivity contribution in [3.8, 4) is 0 Å². The number of rotatable bonds is 2. The maximum Gasteiger partial charge on any atom is 0.0325 e. The monoisotopic (exact) mass is 202 g/mol. The zero-order chi connectivity index (χ0) is 10.3. The van der Waals surface area contributed by atoms with Gasteiger partial charge in [0.25, 0.3) is 0 Å². The van der Waals surface area contributed by atoms with E-state index in [-0.39, 0.29) is 0 Å². The molecule has 0 spiro atoms. The fourth-order valence-electron chi connectivity index (χ4n) is 2.54. The first kappa shape index (κ1) is 9.22. The van der Waals surface area contributed by atoms with Gasteiger partial charge in [-0.1, -0.05) is 6.07 Å². The maximum atomic E-state index is 5.82. The van der Waals surface area contributed by atoms with Gasteiger partial charge in [-0.05, 0) is 55.4 Å². The van der Waals surface area contributed by atoms with Crippen LogP contribution in [0.3, 0.4) is 0 Å². The third kappa shape index (κ3) is 1.86. The summed E-state index contributed by atoms with van der Waals surface area (Å²) in [7, 11) is 0. The van der Waals surface area contributed by atoms with Gasteiger partial charge in [0.1, 0.15) is 0 Å². The molecule has 1 saturated carbocycles. The Morgan fingerprint density at radius 3 is 2.87 bits per heavy atom. The molecule has 0 radical (unpaired) electrons. The predicted molar refractivity (Wildman–Crippen MR) is 62.7 cm³/mol. The van der Waals surface area contributed by atoms with Gasteiger partial charge in [0.15, 0.2) is 0 Å².